The zero-order valence-corrected chi connectivity index (χ0v) is 15.9. The average Bonchev–Trinajstić information content (AvgIpc) is 3.28. The van der Waals surface area contributed by atoms with Crippen LogP contribution in [0.4, 0.5) is 0 Å². The lowest BCUT2D eigenvalue weighted by atomic mass is 10.3. The topological polar surface area (TPSA) is 20.3 Å². The van der Waals surface area contributed by atoms with Gasteiger partial charge in [0, 0.05) is 14.6 Å². The molecular formula is C19H19NOS3. The average molecular weight is 374 g/mol. The maximum atomic E-state index is 13.0. The smallest absolute Gasteiger partial charge is 0.236 e. The Kier molecular flexibility index (Phi) is 6.12. The summed E-state index contributed by atoms with van der Waals surface area (Å²) in [6.07, 6.45) is 0. The van der Waals surface area contributed by atoms with Gasteiger partial charge in [-0.3, -0.25) is 4.79 Å². The molecule has 0 spiro atoms. The summed E-state index contributed by atoms with van der Waals surface area (Å²) in [6, 6.07) is 18.4. The SMILES string of the molecule is CC(Sc1ccccc1)C(=O)N(Cc1cccs1)Cc1cccs1. The Morgan fingerprint density at radius 3 is 2.04 bits per heavy atom. The lowest BCUT2D eigenvalue weighted by Crippen LogP contribution is -2.35. The maximum absolute atomic E-state index is 13.0. The third-order valence-corrected chi connectivity index (χ3v) is 6.39. The second-order valence-electron chi connectivity index (χ2n) is 5.43. The van der Waals surface area contributed by atoms with Crippen molar-refractivity contribution < 1.29 is 4.79 Å². The van der Waals surface area contributed by atoms with E-state index < -0.39 is 0 Å². The number of thioether (sulfide) groups is 1. The van der Waals surface area contributed by atoms with E-state index in [4.69, 9.17) is 0 Å². The van der Waals surface area contributed by atoms with Crippen molar-refractivity contribution in [3.8, 4) is 0 Å². The monoisotopic (exact) mass is 373 g/mol. The number of benzene rings is 1. The van der Waals surface area contributed by atoms with Crippen molar-refractivity contribution in [2.24, 2.45) is 0 Å². The van der Waals surface area contributed by atoms with Gasteiger partial charge in [0.1, 0.15) is 0 Å². The molecule has 0 aliphatic heterocycles. The van der Waals surface area contributed by atoms with Gasteiger partial charge in [-0.1, -0.05) is 30.3 Å². The zero-order valence-electron chi connectivity index (χ0n) is 13.4. The predicted octanol–water partition coefficient (Wildman–Crippen LogP) is 5.52. The number of carbonyl (C=O) groups is 1. The second kappa shape index (κ2) is 8.51. The van der Waals surface area contributed by atoms with Crippen LogP contribution in [-0.4, -0.2) is 16.1 Å². The van der Waals surface area contributed by atoms with Gasteiger partial charge < -0.3 is 4.90 Å². The highest BCUT2D eigenvalue weighted by molar-refractivity contribution is 8.00. The van der Waals surface area contributed by atoms with Crippen LogP contribution in [0.1, 0.15) is 16.7 Å². The summed E-state index contributed by atoms with van der Waals surface area (Å²) in [6.45, 7) is 3.35. The molecule has 1 atom stereocenters. The zero-order chi connectivity index (χ0) is 16.8. The van der Waals surface area contributed by atoms with E-state index in [-0.39, 0.29) is 11.2 Å². The molecule has 0 radical (unpaired) electrons. The number of amides is 1. The number of nitrogens with zero attached hydrogens (tertiary/aromatic N) is 1. The van der Waals surface area contributed by atoms with Crippen LogP contribution in [0.3, 0.4) is 0 Å². The molecule has 0 saturated carbocycles. The van der Waals surface area contributed by atoms with Crippen molar-refractivity contribution in [3.05, 3.63) is 75.1 Å². The van der Waals surface area contributed by atoms with Gasteiger partial charge in [0.25, 0.3) is 0 Å². The second-order valence-corrected chi connectivity index (χ2v) is 8.90. The molecule has 0 fully saturated rings. The molecule has 2 aromatic heterocycles. The van der Waals surface area contributed by atoms with Gasteiger partial charge in [0.15, 0.2) is 0 Å². The highest BCUT2D eigenvalue weighted by atomic mass is 32.2. The first-order valence-corrected chi connectivity index (χ1v) is 10.4. The maximum Gasteiger partial charge on any atom is 0.236 e. The Bertz CT molecular complexity index is 702. The molecule has 3 aromatic rings. The first-order chi connectivity index (χ1) is 11.7. The number of thiophene rings is 2. The lowest BCUT2D eigenvalue weighted by Gasteiger charge is -2.25. The Hall–Kier alpha value is -1.56. The first-order valence-electron chi connectivity index (χ1n) is 7.77. The molecule has 1 aromatic carbocycles. The van der Waals surface area contributed by atoms with E-state index in [2.05, 4.69) is 35.0 Å². The summed E-state index contributed by atoms with van der Waals surface area (Å²) in [5.74, 6) is 0.186. The number of carbonyl (C=O) groups excluding carboxylic acids is 1. The van der Waals surface area contributed by atoms with E-state index in [0.717, 1.165) is 4.90 Å². The van der Waals surface area contributed by atoms with Crippen LogP contribution in [-0.2, 0) is 17.9 Å². The van der Waals surface area contributed by atoms with Gasteiger partial charge >= 0.3 is 0 Å². The van der Waals surface area contributed by atoms with Gasteiger partial charge in [0.05, 0.1) is 18.3 Å². The molecule has 124 valence electrons. The fraction of sp³-hybridized carbons (Fsp3) is 0.211. The van der Waals surface area contributed by atoms with Crippen molar-refractivity contribution in [1.82, 2.24) is 4.90 Å². The van der Waals surface area contributed by atoms with Crippen LogP contribution < -0.4 is 0 Å². The Labute approximate surface area is 155 Å². The quantitative estimate of drug-likeness (QED) is 0.508. The summed E-state index contributed by atoms with van der Waals surface area (Å²) in [5.41, 5.74) is 0. The summed E-state index contributed by atoms with van der Waals surface area (Å²) in [5, 5.41) is 4.02. The molecule has 3 rings (SSSR count). The minimum absolute atomic E-state index is 0.104. The normalized spacial score (nSPS) is 12.0. The van der Waals surface area contributed by atoms with Crippen molar-refractivity contribution >= 4 is 40.3 Å². The molecule has 1 amide bonds. The van der Waals surface area contributed by atoms with Gasteiger partial charge in [-0.2, -0.15) is 0 Å². The summed E-state index contributed by atoms with van der Waals surface area (Å²) >= 11 is 5.02. The molecule has 0 aliphatic carbocycles. The predicted molar refractivity (Wildman–Crippen MR) is 105 cm³/mol. The van der Waals surface area contributed by atoms with E-state index in [9.17, 15) is 4.79 Å². The molecule has 0 bridgehead atoms. The Morgan fingerprint density at radius 1 is 0.958 bits per heavy atom. The molecule has 0 N–H and O–H groups in total. The molecule has 2 heterocycles. The van der Waals surface area contributed by atoms with Gasteiger partial charge in [0.2, 0.25) is 5.91 Å². The molecule has 2 nitrogen and oxygen atoms in total. The third-order valence-electron chi connectivity index (χ3n) is 3.57. The van der Waals surface area contributed by atoms with Gasteiger partial charge in [-0.15, -0.1) is 34.4 Å². The van der Waals surface area contributed by atoms with E-state index in [1.807, 2.05) is 42.2 Å². The highest BCUT2D eigenvalue weighted by Crippen LogP contribution is 2.26. The van der Waals surface area contributed by atoms with Crippen LogP contribution in [0.2, 0.25) is 0 Å². The molecular weight excluding hydrogens is 354 g/mol. The van der Waals surface area contributed by atoms with Gasteiger partial charge in [-0.25, -0.2) is 0 Å². The highest BCUT2D eigenvalue weighted by Gasteiger charge is 2.22. The first kappa shape index (κ1) is 17.3. The van der Waals surface area contributed by atoms with Crippen LogP contribution in [0, 0.1) is 0 Å². The van der Waals surface area contributed by atoms with E-state index in [1.54, 1.807) is 34.4 Å². The minimum Gasteiger partial charge on any atom is -0.331 e. The van der Waals surface area contributed by atoms with E-state index in [0.29, 0.717) is 13.1 Å². The third kappa shape index (κ3) is 4.72. The summed E-state index contributed by atoms with van der Waals surface area (Å²) in [4.78, 5) is 18.6. The van der Waals surface area contributed by atoms with E-state index >= 15 is 0 Å². The van der Waals surface area contributed by atoms with Crippen molar-refractivity contribution in [1.29, 1.82) is 0 Å². The van der Waals surface area contributed by atoms with Crippen molar-refractivity contribution in [3.63, 3.8) is 0 Å². The molecule has 0 aliphatic rings. The largest absolute Gasteiger partial charge is 0.331 e. The van der Waals surface area contributed by atoms with Crippen molar-refractivity contribution in [2.75, 3.05) is 0 Å². The van der Waals surface area contributed by atoms with Crippen LogP contribution in [0.5, 0.6) is 0 Å². The molecule has 0 saturated heterocycles. The summed E-state index contributed by atoms with van der Waals surface area (Å²) in [7, 11) is 0. The molecule has 1 unspecified atom stereocenters. The van der Waals surface area contributed by atoms with E-state index in [1.165, 1.54) is 9.75 Å². The van der Waals surface area contributed by atoms with Gasteiger partial charge in [-0.05, 0) is 41.9 Å². The van der Waals surface area contributed by atoms with Crippen molar-refractivity contribution in [2.45, 2.75) is 30.2 Å². The molecule has 24 heavy (non-hydrogen) atoms. The number of hydrogen-bond donors (Lipinski definition) is 0. The molecule has 5 heteroatoms. The lowest BCUT2D eigenvalue weighted by molar-refractivity contribution is -0.131. The van der Waals surface area contributed by atoms with Crippen LogP contribution in [0.25, 0.3) is 0 Å². The number of rotatable bonds is 7. The standard InChI is InChI=1S/C19H19NOS3/c1-15(24-16-7-3-2-4-8-16)19(21)20(13-17-9-5-11-22-17)14-18-10-6-12-23-18/h2-12,15H,13-14H2,1H3. The summed E-state index contributed by atoms with van der Waals surface area (Å²) < 4.78 is 0. The fourth-order valence-corrected chi connectivity index (χ4v) is 4.82. The van der Waals surface area contributed by atoms with Crippen LogP contribution >= 0.6 is 34.4 Å². The van der Waals surface area contributed by atoms with Crippen LogP contribution in [0.15, 0.2) is 70.3 Å². The number of hydrogen-bond acceptors (Lipinski definition) is 4. The fourth-order valence-electron chi connectivity index (χ4n) is 2.40. The minimum atomic E-state index is -0.104. The Balaban J connectivity index is 1.71. The Morgan fingerprint density at radius 2 is 1.54 bits per heavy atom.